The standard InChI is InChI=1S/C16H11N5O3S/c22-14(12-7-4-8-13(9-12)21(23)24)18-16-20-19-15(25-16)17-10-11-5-2-1-3-6-11/h1-10H,(H,18,20,22)/b17-10+. The van der Waals surface area contributed by atoms with Crippen LogP contribution < -0.4 is 5.32 Å². The minimum atomic E-state index is -0.557. The number of anilines is 1. The summed E-state index contributed by atoms with van der Waals surface area (Å²) >= 11 is 1.10. The lowest BCUT2D eigenvalue weighted by molar-refractivity contribution is -0.384. The number of amides is 1. The number of rotatable bonds is 5. The molecule has 0 aliphatic heterocycles. The maximum atomic E-state index is 12.1. The highest BCUT2D eigenvalue weighted by atomic mass is 32.1. The van der Waals surface area contributed by atoms with Crippen LogP contribution in [0.1, 0.15) is 15.9 Å². The van der Waals surface area contributed by atoms with E-state index in [9.17, 15) is 14.9 Å². The second-order valence-electron chi connectivity index (χ2n) is 4.82. The van der Waals surface area contributed by atoms with E-state index in [1.54, 1.807) is 6.21 Å². The first-order valence-corrected chi connectivity index (χ1v) is 7.92. The summed E-state index contributed by atoms with van der Waals surface area (Å²) in [6.45, 7) is 0. The SMILES string of the molecule is O=C(Nc1nnc(/N=C/c2ccccc2)s1)c1cccc([N+](=O)[O-])c1. The molecule has 0 unspecified atom stereocenters. The predicted octanol–water partition coefficient (Wildman–Crippen LogP) is 3.45. The third-order valence-electron chi connectivity index (χ3n) is 3.08. The van der Waals surface area contributed by atoms with Crippen molar-refractivity contribution in [3.05, 3.63) is 75.8 Å². The summed E-state index contributed by atoms with van der Waals surface area (Å²) in [6, 6.07) is 14.9. The average molecular weight is 353 g/mol. The molecule has 124 valence electrons. The largest absolute Gasteiger partial charge is 0.296 e. The van der Waals surface area contributed by atoms with Crippen molar-refractivity contribution in [3.63, 3.8) is 0 Å². The smallest absolute Gasteiger partial charge is 0.270 e. The van der Waals surface area contributed by atoms with Crippen LogP contribution in [0, 0.1) is 10.1 Å². The summed E-state index contributed by atoms with van der Waals surface area (Å²) in [7, 11) is 0. The van der Waals surface area contributed by atoms with Crippen molar-refractivity contribution < 1.29 is 9.72 Å². The highest BCUT2D eigenvalue weighted by Crippen LogP contribution is 2.23. The fraction of sp³-hybridized carbons (Fsp3) is 0. The minimum Gasteiger partial charge on any atom is -0.296 e. The normalized spacial score (nSPS) is 10.7. The van der Waals surface area contributed by atoms with Crippen molar-refractivity contribution in [1.29, 1.82) is 0 Å². The van der Waals surface area contributed by atoms with Crippen molar-refractivity contribution >= 4 is 39.4 Å². The van der Waals surface area contributed by atoms with Gasteiger partial charge in [0.2, 0.25) is 10.3 Å². The summed E-state index contributed by atoms with van der Waals surface area (Å²) in [5.41, 5.74) is 0.927. The Kier molecular flexibility index (Phi) is 4.86. The second-order valence-corrected chi connectivity index (χ2v) is 5.78. The summed E-state index contributed by atoms with van der Waals surface area (Å²) in [5.74, 6) is -0.501. The van der Waals surface area contributed by atoms with E-state index in [0.717, 1.165) is 16.9 Å². The van der Waals surface area contributed by atoms with Gasteiger partial charge in [0.1, 0.15) is 0 Å². The maximum Gasteiger partial charge on any atom is 0.270 e. The molecule has 0 spiro atoms. The highest BCUT2D eigenvalue weighted by Gasteiger charge is 2.13. The molecule has 25 heavy (non-hydrogen) atoms. The van der Waals surface area contributed by atoms with Gasteiger partial charge in [0.05, 0.1) is 4.92 Å². The number of hydrogen-bond acceptors (Lipinski definition) is 7. The van der Waals surface area contributed by atoms with E-state index >= 15 is 0 Å². The predicted molar refractivity (Wildman–Crippen MR) is 94.7 cm³/mol. The van der Waals surface area contributed by atoms with E-state index in [4.69, 9.17) is 0 Å². The molecule has 1 heterocycles. The minimum absolute atomic E-state index is 0.155. The van der Waals surface area contributed by atoms with Crippen molar-refractivity contribution in [2.24, 2.45) is 4.99 Å². The summed E-state index contributed by atoms with van der Waals surface area (Å²) in [4.78, 5) is 26.5. The first kappa shape index (κ1) is 16.4. The molecule has 1 N–H and O–H groups in total. The highest BCUT2D eigenvalue weighted by molar-refractivity contribution is 7.18. The summed E-state index contributed by atoms with van der Waals surface area (Å²) < 4.78 is 0. The first-order chi connectivity index (χ1) is 12.1. The molecule has 0 saturated heterocycles. The Labute approximate surface area is 146 Å². The van der Waals surface area contributed by atoms with E-state index in [2.05, 4.69) is 20.5 Å². The van der Waals surface area contributed by atoms with Crippen LogP contribution in [0.2, 0.25) is 0 Å². The Morgan fingerprint density at radius 1 is 1.16 bits per heavy atom. The molecule has 0 radical (unpaired) electrons. The number of aromatic nitrogens is 2. The van der Waals surface area contributed by atoms with Crippen molar-refractivity contribution in [2.75, 3.05) is 5.32 Å². The van der Waals surface area contributed by atoms with Gasteiger partial charge in [0.15, 0.2) is 0 Å². The third-order valence-corrected chi connectivity index (χ3v) is 3.82. The van der Waals surface area contributed by atoms with Gasteiger partial charge >= 0.3 is 0 Å². The molecule has 1 aromatic heterocycles. The first-order valence-electron chi connectivity index (χ1n) is 7.10. The fourth-order valence-corrected chi connectivity index (χ4v) is 2.50. The van der Waals surface area contributed by atoms with Crippen LogP contribution >= 0.6 is 11.3 Å². The number of aliphatic imine (C=N–C) groups is 1. The molecular weight excluding hydrogens is 342 g/mol. The summed E-state index contributed by atoms with van der Waals surface area (Å²) in [5, 5.41) is 21.7. The van der Waals surface area contributed by atoms with E-state index in [1.165, 1.54) is 24.3 Å². The molecule has 1 amide bonds. The van der Waals surface area contributed by atoms with Crippen molar-refractivity contribution in [3.8, 4) is 0 Å². The number of carbonyl (C=O) groups excluding carboxylic acids is 1. The van der Waals surface area contributed by atoms with Gasteiger partial charge in [0, 0.05) is 23.9 Å². The number of hydrogen-bond donors (Lipinski definition) is 1. The molecule has 2 aromatic carbocycles. The van der Waals surface area contributed by atoms with E-state index in [1.807, 2.05) is 30.3 Å². The van der Waals surface area contributed by atoms with Gasteiger partial charge in [-0.15, -0.1) is 10.2 Å². The van der Waals surface area contributed by atoms with Gasteiger partial charge in [-0.2, -0.15) is 0 Å². The molecule has 0 aliphatic carbocycles. The van der Waals surface area contributed by atoms with Gasteiger partial charge in [-0.3, -0.25) is 20.2 Å². The molecule has 0 aliphatic rings. The molecule has 0 bridgehead atoms. The zero-order chi connectivity index (χ0) is 17.6. The number of nitro benzene ring substituents is 1. The van der Waals surface area contributed by atoms with Crippen LogP contribution in [0.15, 0.2) is 59.6 Å². The lowest BCUT2D eigenvalue weighted by Crippen LogP contribution is -2.11. The molecule has 9 heteroatoms. The van der Waals surface area contributed by atoms with Crippen LogP contribution in [0.5, 0.6) is 0 Å². The average Bonchev–Trinajstić information content (AvgIpc) is 3.08. The topological polar surface area (TPSA) is 110 Å². The molecule has 0 atom stereocenters. The van der Waals surface area contributed by atoms with Gasteiger partial charge in [-0.05, 0) is 11.6 Å². The quantitative estimate of drug-likeness (QED) is 0.429. The van der Waals surface area contributed by atoms with E-state index < -0.39 is 10.8 Å². The lowest BCUT2D eigenvalue weighted by Gasteiger charge is -2.00. The Balaban J connectivity index is 1.69. The number of benzene rings is 2. The van der Waals surface area contributed by atoms with E-state index in [-0.39, 0.29) is 16.4 Å². The van der Waals surface area contributed by atoms with Crippen LogP contribution in [0.3, 0.4) is 0 Å². The fourth-order valence-electron chi connectivity index (χ4n) is 1.92. The number of non-ortho nitro benzene ring substituents is 1. The summed E-state index contributed by atoms with van der Waals surface area (Å²) in [6.07, 6.45) is 1.65. The Morgan fingerprint density at radius 2 is 1.96 bits per heavy atom. The van der Waals surface area contributed by atoms with Crippen LogP contribution in [0.4, 0.5) is 16.0 Å². The monoisotopic (exact) mass is 353 g/mol. The Bertz CT molecular complexity index is 940. The molecular formula is C16H11N5O3S. The van der Waals surface area contributed by atoms with Crippen LogP contribution in [-0.2, 0) is 0 Å². The maximum absolute atomic E-state index is 12.1. The molecule has 8 nitrogen and oxygen atoms in total. The lowest BCUT2D eigenvalue weighted by atomic mass is 10.2. The van der Waals surface area contributed by atoms with Crippen molar-refractivity contribution in [2.45, 2.75) is 0 Å². The van der Waals surface area contributed by atoms with Crippen molar-refractivity contribution in [1.82, 2.24) is 10.2 Å². The number of nitrogens with one attached hydrogen (secondary N) is 1. The zero-order valence-corrected chi connectivity index (χ0v) is 13.5. The second kappa shape index (κ2) is 7.41. The van der Waals surface area contributed by atoms with E-state index in [0.29, 0.717) is 5.13 Å². The molecule has 3 aromatic rings. The van der Waals surface area contributed by atoms with Gasteiger partial charge < -0.3 is 0 Å². The molecule has 3 rings (SSSR count). The molecule has 0 fully saturated rings. The van der Waals surface area contributed by atoms with Gasteiger partial charge in [-0.1, -0.05) is 47.7 Å². The van der Waals surface area contributed by atoms with Gasteiger partial charge in [0.25, 0.3) is 11.6 Å². The number of nitro groups is 1. The Hall–Kier alpha value is -3.46. The zero-order valence-electron chi connectivity index (χ0n) is 12.7. The molecule has 0 saturated carbocycles. The third kappa shape index (κ3) is 4.30. The van der Waals surface area contributed by atoms with Crippen LogP contribution in [0.25, 0.3) is 0 Å². The van der Waals surface area contributed by atoms with Gasteiger partial charge in [-0.25, -0.2) is 4.99 Å². The Morgan fingerprint density at radius 3 is 2.72 bits per heavy atom. The van der Waals surface area contributed by atoms with Crippen LogP contribution in [-0.4, -0.2) is 27.2 Å². The number of carbonyl (C=O) groups is 1. The number of nitrogens with zero attached hydrogens (tertiary/aromatic N) is 4.